The van der Waals surface area contributed by atoms with Gasteiger partial charge in [0.1, 0.15) is 17.7 Å². The summed E-state index contributed by atoms with van der Waals surface area (Å²) in [7, 11) is -3.12. The van der Waals surface area contributed by atoms with E-state index in [1.54, 1.807) is 37.3 Å². The highest BCUT2D eigenvalue weighted by molar-refractivity contribution is 7.91. The van der Waals surface area contributed by atoms with Crippen LogP contribution in [-0.4, -0.2) is 27.6 Å². The number of benzene rings is 3. The minimum atomic E-state index is -4.73. The normalized spacial score (nSPS) is 17.6. The lowest BCUT2D eigenvalue weighted by Crippen LogP contribution is -2.30. The summed E-state index contributed by atoms with van der Waals surface area (Å²) in [6.07, 6.45) is -3.80. The molecule has 11 heteroatoms. The van der Waals surface area contributed by atoms with E-state index in [1.807, 2.05) is 0 Å². The third-order valence-electron chi connectivity index (χ3n) is 6.65. The molecule has 2 unspecified atom stereocenters. The first-order chi connectivity index (χ1) is 18.8. The zero-order valence-corrected chi connectivity index (χ0v) is 23.0. The standard InChI is InChI=1S/C29H25ClF4O5S/c1-17(28-23(30)7-4-8-24(28)31)13-18-9-11-25-22(14-18)26(16-20(39-25)10-12-27(35)38-2)40(36,37)21-6-3-5-19(15-21)29(32,33)34/h3-9,11,13-15,20,26H,10,12,16H2,1-2H3/b17-13+. The van der Waals surface area contributed by atoms with Gasteiger partial charge in [0.05, 0.1) is 27.8 Å². The van der Waals surface area contributed by atoms with Crippen LogP contribution >= 0.6 is 11.6 Å². The lowest BCUT2D eigenvalue weighted by molar-refractivity contribution is -0.141. The highest BCUT2D eigenvalue weighted by Crippen LogP contribution is 2.44. The molecule has 0 radical (unpaired) electrons. The van der Waals surface area contributed by atoms with Crippen LogP contribution in [0.5, 0.6) is 5.75 Å². The number of esters is 1. The molecule has 0 bridgehead atoms. The van der Waals surface area contributed by atoms with Gasteiger partial charge in [-0.2, -0.15) is 13.2 Å². The zero-order valence-electron chi connectivity index (χ0n) is 21.5. The largest absolute Gasteiger partial charge is 0.490 e. The Morgan fingerprint density at radius 2 is 1.85 bits per heavy atom. The number of ether oxygens (including phenoxy) is 2. The maximum Gasteiger partial charge on any atom is 0.416 e. The van der Waals surface area contributed by atoms with Gasteiger partial charge in [0, 0.05) is 24.0 Å². The van der Waals surface area contributed by atoms with Gasteiger partial charge in [-0.05, 0) is 66.9 Å². The Balaban J connectivity index is 1.79. The van der Waals surface area contributed by atoms with Crippen LogP contribution < -0.4 is 4.74 Å². The highest BCUT2D eigenvalue weighted by atomic mass is 35.5. The third-order valence-corrected chi connectivity index (χ3v) is 9.08. The van der Waals surface area contributed by atoms with Crippen LogP contribution in [0.4, 0.5) is 17.6 Å². The molecule has 0 aromatic heterocycles. The lowest BCUT2D eigenvalue weighted by Gasteiger charge is -2.32. The van der Waals surface area contributed by atoms with E-state index in [9.17, 15) is 30.8 Å². The van der Waals surface area contributed by atoms with E-state index in [-0.39, 0.29) is 41.2 Å². The average molecular weight is 597 g/mol. The van der Waals surface area contributed by atoms with Crippen molar-refractivity contribution < 1.29 is 40.2 Å². The highest BCUT2D eigenvalue weighted by Gasteiger charge is 2.39. The molecule has 0 spiro atoms. The molecule has 0 amide bonds. The van der Waals surface area contributed by atoms with Gasteiger partial charge in [0.15, 0.2) is 9.84 Å². The van der Waals surface area contributed by atoms with E-state index in [0.717, 1.165) is 18.2 Å². The van der Waals surface area contributed by atoms with Crippen molar-refractivity contribution in [1.29, 1.82) is 0 Å². The molecular formula is C29H25ClF4O5S. The van der Waals surface area contributed by atoms with E-state index in [2.05, 4.69) is 4.74 Å². The van der Waals surface area contributed by atoms with Crippen LogP contribution in [0, 0.1) is 5.82 Å². The second-order valence-corrected chi connectivity index (χ2v) is 11.9. The summed E-state index contributed by atoms with van der Waals surface area (Å²) in [5.41, 5.74) is 0.337. The second-order valence-electron chi connectivity index (χ2n) is 9.37. The van der Waals surface area contributed by atoms with Crippen LogP contribution in [0.25, 0.3) is 11.6 Å². The summed E-state index contributed by atoms with van der Waals surface area (Å²) in [5, 5.41) is -1.07. The van der Waals surface area contributed by atoms with Gasteiger partial charge in [0.2, 0.25) is 0 Å². The van der Waals surface area contributed by atoms with Crippen molar-refractivity contribution in [3.8, 4) is 5.75 Å². The zero-order chi connectivity index (χ0) is 29.2. The fraction of sp³-hybridized carbons (Fsp3) is 0.276. The Bertz CT molecular complexity index is 1550. The van der Waals surface area contributed by atoms with E-state index < -0.39 is 49.6 Å². The molecule has 3 aromatic rings. The number of alkyl halides is 3. The van der Waals surface area contributed by atoms with Crippen LogP contribution in [0.2, 0.25) is 5.02 Å². The second kappa shape index (κ2) is 11.6. The van der Waals surface area contributed by atoms with E-state index in [1.165, 1.54) is 19.2 Å². The molecule has 4 rings (SSSR count). The summed E-state index contributed by atoms with van der Waals surface area (Å²) in [6, 6.07) is 12.6. The molecule has 212 valence electrons. The smallest absolute Gasteiger partial charge is 0.416 e. The monoisotopic (exact) mass is 596 g/mol. The molecule has 0 fully saturated rings. The Morgan fingerprint density at radius 3 is 2.52 bits per heavy atom. The van der Waals surface area contributed by atoms with Crippen molar-refractivity contribution in [2.75, 3.05) is 7.11 Å². The van der Waals surface area contributed by atoms with Crippen LogP contribution in [-0.2, 0) is 25.5 Å². The van der Waals surface area contributed by atoms with Gasteiger partial charge in [-0.15, -0.1) is 0 Å². The topological polar surface area (TPSA) is 69.7 Å². The Kier molecular flexibility index (Phi) is 8.60. The number of carbonyl (C=O) groups excluding carboxylic acids is 1. The predicted molar refractivity (Wildman–Crippen MR) is 143 cm³/mol. The first-order valence-corrected chi connectivity index (χ1v) is 14.1. The van der Waals surface area contributed by atoms with E-state index >= 15 is 0 Å². The molecule has 1 aliphatic rings. The molecule has 3 aromatic carbocycles. The number of hydrogen-bond donors (Lipinski definition) is 0. The number of rotatable bonds is 7. The van der Waals surface area contributed by atoms with Crippen molar-refractivity contribution in [2.24, 2.45) is 0 Å². The number of hydrogen-bond acceptors (Lipinski definition) is 5. The number of halogens is 5. The summed E-state index contributed by atoms with van der Waals surface area (Å²) in [4.78, 5) is 11.2. The Labute approximate surface area is 234 Å². The minimum Gasteiger partial charge on any atom is -0.490 e. The Morgan fingerprint density at radius 1 is 1.12 bits per heavy atom. The fourth-order valence-electron chi connectivity index (χ4n) is 4.67. The first-order valence-electron chi connectivity index (χ1n) is 12.2. The first kappa shape index (κ1) is 29.6. The van der Waals surface area contributed by atoms with Gasteiger partial charge >= 0.3 is 12.1 Å². The van der Waals surface area contributed by atoms with Gasteiger partial charge in [0.25, 0.3) is 0 Å². The molecule has 1 aliphatic heterocycles. The van der Waals surface area contributed by atoms with Crippen LogP contribution in [0.15, 0.2) is 65.6 Å². The van der Waals surface area contributed by atoms with Crippen molar-refractivity contribution in [3.63, 3.8) is 0 Å². The van der Waals surface area contributed by atoms with Gasteiger partial charge < -0.3 is 9.47 Å². The number of allylic oxidation sites excluding steroid dienone is 1. The number of fused-ring (bicyclic) bond motifs is 1. The van der Waals surface area contributed by atoms with E-state index in [0.29, 0.717) is 17.2 Å². The molecule has 1 heterocycles. The van der Waals surface area contributed by atoms with Gasteiger partial charge in [-0.25, -0.2) is 12.8 Å². The molecule has 5 nitrogen and oxygen atoms in total. The molecule has 0 saturated carbocycles. The molecule has 0 aliphatic carbocycles. The summed E-state index contributed by atoms with van der Waals surface area (Å²) >= 11 is 6.19. The SMILES string of the molecule is COC(=O)CCC1CC(S(=O)(=O)c2cccc(C(F)(F)F)c2)c2cc(/C=C(\C)c3c(F)cccc3Cl)ccc2O1. The van der Waals surface area contributed by atoms with Crippen molar-refractivity contribution in [3.05, 3.63) is 93.8 Å². The fourth-order valence-corrected chi connectivity index (χ4v) is 6.86. The van der Waals surface area contributed by atoms with Crippen molar-refractivity contribution in [1.82, 2.24) is 0 Å². The minimum absolute atomic E-state index is 0.0315. The van der Waals surface area contributed by atoms with Gasteiger partial charge in [-0.3, -0.25) is 4.79 Å². The van der Waals surface area contributed by atoms with Crippen LogP contribution in [0.1, 0.15) is 53.7 Å². The number of sulfone groups is 1. The third kappa shape index (κ3) is 6.33. The van der Waals surface area contributed by atoms with Gasteiger partial charge in [-0.1, -0.05) is 35.9 Å². The molecule has 2 atom stereocenters. The summed E-state index contributed by atoms with van der Waals surface area (Å²) in [6.45, 7) is 1.65. The summed E-state index contributed by atoms with van der Waals surface area (Å²) in [5.74, 6) is -0.809. The molecule has 40 heavy (non-hydrogen) atoms. The van der Waals surface area contributed by atoms with Crippen LogP contribution in [0.3, 0.4) is 0 Å². The lowest BCUT2D eigenvalue weighted by atomic mass is 9.96. The molecule has 0 N–H and O–H groups in total. The number of carbonyl (C=O) groups is 1. The molecule has 0 saturated heterocycles. The van der Waals surface area contributed by atoms with Crippen molar-refractivity contribution >= 4 is 39.1 Å². The number of methoxy groups -OCH3 is 1. The van der Waals surface area contributed by atoms with E-state index in [4.69, 9.17) is 16.3 Å². The average Bonchev–Trinajstić information content (AvgIpc) is 2.90. The maximum atomic E-state index is 14.5. The van der Waals surface area contributed by atoms with Crippen molar-refractivity contribution in [2.45, 2.75) is 48.6 Å². The molecular weight excluding hydrogens is 572 g/mol. The quantitative estimate of drug-likeness (QED) is 0.159. The summed E-state index contributed by atoms with van der Waals surface area (Å²) < 4.78 is 92.9. The predicted octanol–water partition coefficient (Wildman–Crippen LogP) is 7.68. The Hall–Kier alpha value is -3.37. The maximum absolute atomic E-state index is 14.5.